The van der Waals surface area contributed by atoms with Crippen LogP contribution in [0.5, 0.6) is 0 Å². The third-order valence-corrected chi connectivity index (χ3v) is 15.4. The molecular weight excluding hydrogens is 1210 g/mol. The fourth-order valence-corrected chi connectivity index (χ4v) is 11.4. The van der Waals surface area contributed by atoms with E-state index in [4.69, 9.17) is 40.6 Å². The second-order valence-corrected chi connectivity index (χ2v) is 22.9. The second-order valence-electron chi connectivity index (χ2n) is 22.9. The lowest BCUT2D eigenvalue weighted by molar-refractivity contribution is -0.385. The molecule has 2 saturated heterocycles. The first kappa shape index (κ1) is 68.7. The number of benzene rings is 6. The Morgan fingerprint density at radius 3 is 1.04 bits per heavy atom. The number of carboxylic acid groups (broad SMARTS) is 2. The molecule has 10 rings (SSSR count). The molecule has 4 aliphatic heterocycles. The average Bonchev–Trinajstić information content (AvgIpc) is 0.771. The maximum Gasteiger partial charge on any atom is 0.339 e. The lowest BCUT2D eigenvalue weighted by atomic mass is 9.81. The first-order chi connectivity index (χ1) is 44.9. The van der Waals surface area contributed by atoms with E-state index in [2.05, 4.69) is 69.0 Å². The molecule has 6 aromatic carbocycles. The monoisotopic (exact) mass is 1280 g/mol. The number of carboxylic acids is 2. The summed E-state index contributed by atoms with van der Waals surface area (Å²) < 4.78 is 22.9. The number of esters is 4. The van der Waals surface area contributed by atoms with Crippen molar-refractivity contribution in [1.82, 2.24) is 20.4 Å². The summed E-state index contributed by atoms with van der Waals surface area (Å²) in [5.41, 5.74) is 18.6. The van der Waals surface area contributed by atoms with Crippen molar-refractivity contribution in [3.63, 3.8) is 0 Å². The van der Waals surface area contributed by atoms with Crippen molar-refractivity contribution in [2.75, 3.05) is 26.2 Å². The molecule has 2 unspecified atom stereocenters. The van der Waals surface area contributed by atoms with Gasteiger partial charge in [-0.25, -0.2) is 28.8 Å². The van der Waals surface area contributed by atoms with Crippen molar-refractivity contribution in [3.8, 4) is 0 Å². The number of rotatable bonds is 20. The molecule has 94 heavy (non-hydrogen) atoms. The van der Waals surface area contributed by atoms with Crippen molar-refractivity contribution in [2.45, 2.75) is 89.9 Å². The molecule has 8 N–H and O–H groups in total. The number of nitrogens with two attached hydrogens (primary N) is 2. The zero-order chi connectivity index (χ0) is 67.9. The van der Waals surface area contributed by atoms with Gasteiger partial charge in [0.1, 0.15) is 23.8 Å². The highest BCUT2D eigenvalue weighted by molar-refractivity contribution is 6.01. The van der Waals surface area contributed by atoms with Gasteiger partial charge in [-0.15, -0.1) is 0 Å². The summed E-state index contributed by atoms with van der Waals surface area (Å²) in [6.45, 7) is 12.1. The maximum absolute atomic E-state index is 13.8. The number of nitro groups is 2. The number of non-ortho nitro benzene ring substituents is 2. The van der Waals surface area contributed by atoms with Crippen LogP contribution in [0.15, 0.2) is 227 Å². The quantitative estimate of drug-likeness (QED) is 0.0136. The lowest BCUT2D eigenvalue weighted by Gasteiger charge is -2.44. The molecule has 2 atom stereocenters. The molecule has 0 amide bonds. The normalized spacial score (nSPS) is 16.8. The van der Waals surface area contributed by atoms with Gasteiger partial charge in [0, 0.05) is 74.0 Å². The summed E-state index contributed by atoms with van der Waals surface area (Å²) in [7, 11) is 0. The second kappa shape index (κ2) is 31.2. The highest BCUT2D eigenvalue weighted by Crippen LogP contribution is 2.43. The Hall–Kier alpha value is -11.2. The summed E-state index contributed by atoms with van der Waals surface area (Å²) in [6.07, 6.45) is -0.594. The Bertz CT molecular complexity index is 3620. The van der Waals surface area contributed by atoms with Gasteiger partial charge in [-0.3, -0.25) is 30.0 Å². The number of carbonyl (C=O) groups excluding carboxylic acids is 4. The van der Waals surface area contributed by atoms with Crippen LogP contribution >= 0.6 is 0 Å². The Morgan fingerprint density at radius 1 is 0.479 bits per heavy atom. The van der Waals surface area contributed by atoms with Crippen LogP contribution in [0.2, 0.25) is 0 Å². The lowest BCUT2D eigenvalue weighted by Crippen LogP contribution is -2.54. The van der Waals surface area contributed by atoms with Crippen molar-refractivity contribution in [2.24, 2.45) is 11.5 Å². The molecule has 24 nitrogen and oxygen atoms in total. The number of ether oxygens (including phenoxy) is 4. The molecule has 0 bridgehead atoms. The topological polar surface area (TPSA) is 349 Å². The van der Waals surface area contributed by atoms with Crippen LogP contribution in [0.25, 0.3) is 0 Å². The zero-order valence-electron chi connectivity index (χ0n) is 52.3. The van der Waals surface area contributed by atoms with Crippen LogP contribution < -0.4 is 22.1 Å². The van der Waals surface area contributed by atoms with E-state index < -0.39 is 81.9 Å². The number of nitro benzene ring substituents is 2. The average molecular weight is 1280 g/mol. The predicted molar refractivity (Wildman–Crippen MR) is 345 cm³/mol. The van der Waals surface area contributed by atoms with Gasteiger partial charge >= 0.3 is 35.8 Å². The van der Waals surface area contributed by atoms with Crippen LogP contribution in [0.1, 0.15) is 98.8 Å². The van der Waals surface area contributed by atoms with E-state index >= 15 is 0 Å². The summed E-state index contributed by atoms with van der Waals surface area (Å²) >= 11 is 0. The van der Waals surface area contributed by atoms with Crippen molar-refractivity contribution >= 4 is 47.2 Å². The van der Waals surface area contributed by atoms with Crippen LogP contribution in [-0.2, 0) is 47.7 Å². The molecule has 24 heteroatoms. The number of aliphatic carboxylic acids is 2. The third kappa shape index (κ3) is 17.0. The highest BCUT2D eigenvalue weighted by atomic mass is 16.6. The Morgan fingerprint density at radius 2 is 0.777 bits per heavy atom. The highest BCUT2D eigenvalue weighted by Gasteiger charge is 2.45. The summed E-state index contributed by atoms with van der Waals surface area (Å²) in [5, 5.41) is 44.6. The van der Waals surface area contributed by atoms with Gasteiger partial charge in [0.2, 0.25) is 0 Å². The van der Waals surface area contributed by atoms with E-state index in [1.165, 1.54) is 36.4 Å². The molecule has 4 heterocycles. The first-order valence-electron chi connectivity index (χ1n) is 30.0. The van der Waals surface area contributed by atoms with Gasteiger partial charge in [0.25, 0.3) is 11.4 Å². The molecule has 2 fully saturated rings. The number of carbonyl (C=O) groups is 6. The molecular formula is C70H72N8O16. The summed E-state index contributed by atoms with van der Waals surface area (Å²) in [5.74, 6) is -7.26. The van der Waals surface area contributed by atoms with Crippen LogP contribution in [-0.4, -0.2) is 116 Å². The van der Waals surface area contributed by atoms with Gasteiger partial charge in [0.15, 0.2) is 0 Å². The number of hydrogen-bond acceptors (Lipinski definition) is 20. The minimum atomic E-state index is -1.26. The first-order valence-corrected chi connectivity index (χ1v) is 30.0. The number of hydrogen-bond donors (Lipinski definition) is 6. The Labute approximate surface area is 541 Å². The van der Waals surface area contributed by atoms with Crippen molar-refractivity contribution in [1.29, 1.82) is 0 Å². The van der Waals surface area contributed by atoms with E-state index in [-0.39, 0.29) is 57.4 Å². The van der Waals surface area contributed by atoms with Gasteiger partial charge in [-0.1, -0.05) is 146 Å². The largest absolute Gasteiger partial charge is 0.478 e. The van der Waals surface area contributed by atoms with Crippen LogP contribution in [0.3, 0.4) is 0 Å². The molecule has 6 aromatic rings. The van der Waals surface area contributed by atoms with E-state index in [1.807, 2.05) is 72.8 Å². The predicted octanol–water partition coefficient (Wildman–Crippen LogP) is 9.10. The van der Waals surface area contributed by atoms with E-state index in [0.717, 1.165) is 22.3 Å². The zero-order valence-corrected chi connectivity index (χ0v) is 52.3. The number of dihydropyridines is 2. The van der Waals surface area contributed by atoms with Gasteiger partial charge < -0.3 is 51.3 Å². The Kier molecular flexibility index (Phi) is 22.8. The van der Waals surface area contributed by atoms with Crippen LogP contribution in [0, 0.1) is 20.2 Å². The fourth-order valence-electron chi connectivity index (χ4n) is 11.4. The molecule has 0 aliphatic carbocycles. The smallest absolute Gasteiger partial charge is 0.339 e. The number of likely N-dealkylation sites (tertiary alicyclic amines) is 2. The van der Waals surface area contributed by atoms with Gasteiger partial charge in [-0.05, 0) is 74.9 Å². The van der Waals surface area contributed by atoms with Crippen molar-refractivity contribution < 1.29 is 67.8 Å². The number of nitrogens with zero attached hydrogens (tertiary/aromatic N) is 4. The van der Waals surface area contributed by atoms with E-state index in [0.29, 0.717) is 60.9 Å². The standard InChI is InChI=1S/2C33H34N4O6.C4H4O4/c2*1-20(2)42-32(38)27-21(3)35-31(34)29(28(27)24-15-10-16-25(17-24)37(40)41)33(39)43-26-18-36(19-26)30(22-11-6-4-7-12-22)23-13-8-5-9-14-23;5-3(6)1-2-4(7)8/h2*4-17,20,26,28,30,35H,18-19,34H2,1-3H3;1-2H,(H,5,6)(H,7,8)/b;;2-1+. The third-order valence-electron chi connectivity index (χ3n) is 15.4. The number of nitrogens with one attached hydrogen (secondary N) is 2. The Balaban J connectivity index is 0.000000216. The molecule has 0 aromatic heterocycles. The molecule has 488 valence electrons. The van der Waals surface area contributed by atoms with Crippen LogP contribution in [0.4, 0.5) is 11.4 Å². The minimum Gasteiger partial charge on any atom is -0.478 e. The maximum atomic E-state index is 13.8. The fraction of sp³-hybridized carbons (Fsp3) is 0.257. The molecule has 0 radical (unpaired) electrons. The number of allylic oxidation sites excluding steroid dienone is 2. The molecule has 4 aliphatic rings. The van der Waals surface area contributed by atoms with Crippen molar-refractivity contribution in [3.05, 3.63) is 281 Å². The van der Waals surface area contributed by atoms with E-state index in [9.17, 15) is 49.0 Å². The van der Waals surface area contributed by atoms with Gasteiger partial charge in [-0.2, -0.15) is 0 Å². The van der Waals surface area contributed by atoms with E-state index in [1.54, 1.807) is 53.7 Å². The molecule has 0 spiro atoms. The van der Waals surface area contributed by atoms with Gasteiger partial charge in [0.05, 0.1) is 68.3 Å². The SMILES string of the molecule is CC1=C(C(=O)OC(C)C)C(c2cccc([N+](=O)[O-])c2)C(C(=O)OC2CN(C(c3ccccc3)c3ccccc3)C2)=C(N)N1.CC1=C(C(=O)OC(C)C)C(c2cccc([N+](=O)[O-])c2)C(C(=O)OC2CN(C(c3ccccc3)c3ccccc3)C2)=C(N)N1.O=C(O)/C=C/C(=O)O. The summed E-state index contributed by atoms with van der Waals surface area (Å²) in [4.78, 5) is 99.9. The molecule has 0 saturated carbocycles. The summed E-state index contributed by atoms with van der Waals surface area (Å²) in [6, 6.07) is 52.1. The minimum absolute atomic E-state index is 0.00271.